The summed E-state index contributed by atoms with van der Waals surface area (Å²) >= 11 is 0. The summed E-state index contributed by atoms with van der Waals surface area (Å²) < 4.78 is 12.7. The normalized spacial score (nSPS) is 12.5. The molecule has 162 valence electrons. The maximum atomic E-state index is 5.60. The minimum atomic E-state index is 0.104. The van der Waals surface area contributed by atoms with Crippen LogP contribution in [0.3, 0.4) is 0 Å². The van der Waals surface area contributed by atoms with Gasteiger partial charge in [-0.15, -0.1) is 0 Å². The second-order valence-corrected chi connectivity index (χ2v) is 7.90. The van der Waals surface area contributed by atoms with Crippen molar-refractivity contribution in [3.8, 4) is 17.1 Å². The minimum absolute atomic E-state index is 0.104. The molecule has 0 saturated heterocycles. The lowest BCUT2D eigenvalue weighted by atomic mass is 10.0. The number of hydrogen-bond acceptors (Lipinski definition) is 7. The van der Waals surface area contributed by atoms with E-state index in [1.165, 1.54) is 0 Å². The number of anilines is 1. The molecule has 1 N–H and O–H groups in total. The van der Waals surface area contributed by atoms with Crippen LogP contribution in [0.1, 0.15) is 28.6 Å². The van der Waals surface area contributed by atoms with Gasteiger partial charge in [0.25, 0.3) is 0 Å². The zero-order valence-corrected chi connectivity index (χ0v) is 18.8. The van der Waals surface area contributed by atoms with E-state index in [2.05, 4.69) is 42.5 Å². The van der Waals surface area contributed by atoms with Crippen molar-refractivity contribution in [1.82, 2.24) is 24.7 Å². The number of ether oxygens (including phenoxy) is 1. The van der Waals surface area contributed by atoms with Gasteiger partial charge in [-0.3, -0.25) is 0 Å². The lowest BCUT2D eigenvalue weighted by Gasteiger charge is -2.27. The van der Waals surface area contributed by atoms with Gasteiger partial charge in [0.1, 0.15) is 28.7 Å². The monoisotopic (exact) mass is 420 g/mol. The lowest BCUT2D eigenvalue weighted by molar-refractivity contribution is 0.299. The highest BCUT2D eigenvalue weighted by Crippen LogP contribution is 2.29. The Hall–Kier alpha value is -3.39. The molecule has 0 aliphatic rings. The number of nitrogens with zero attached hydrogens (tertiary/aromatic N) is 5. The van der Waals surface area contributed by atoms with E-state index in [0.29, 0.717) is 12.2 Å². The van der Waals surface area contributed by atoms with Gasteiger partial charge in [0.15, 0.2) is 5.65 Å². The van der Waals surface area contributed by atoms with Gasteiger partial charge in [-0.2, -0.15) is 9.61 Å². The molecule has 3 heterocycles. The zero-order valence-electron chi connectivity index (χ0n) is 18.8. The number of likely N-dealkylation sites (N-methyl/N-ethyl adjacent to an activating group) is 1. The van der Waals surface area contributed by atoms with Crippen LogP contribution in [0.5, 0.6) is 5.75 Å². The number of aromatic nitrogens is 4. The molecule has 8 heteroatoms. The molecule has 0 aliphatic carbocycles. The van der Waals surface area contributed by atoms with Crippen molar-refractivity contribution in [2.45, 2.75) is 26.8 Å². The number of methoxy groups -OCH3 is 1. The molecule has 0 unspecified atom stereocenters. The second-order valence-electron chi connectivity index (χ2n) is 7.90. The Labute approximate surface area is 181 Å². The molecule has 4 rings (SSSR count). The molecule has 0 aliphatic heterocycles. The van der Waals surface area contributed by atoms with Crippen molar-refractivity contribution in [1.29, 1.82) is 0 Å². The predicted molar refractivity (Wildman–Crippen MR) is 121 cm³/mol. The van der Waals surface area contributed by atoms with E-state index < -0.39 is 0 Å². The summed E-state index contributed by atoms with van der Waals surface area (Å²) in [5.74, 6) is 2.53. The number of nitrogens with one attached hydrogen (secondary N) is 1. The fourth-order valence-corrected chi connectivity index (χ4v) is 3.73. The van der Waals surface area contributed by atoms with E-state index in [0.717, 1.165) is 45.5 Å². The third-order valence-corrected chi connectivity index (χ3v) is 5.56. The van der Waals surface area contributed by atoms with Crippen molar-refractivity contribution in [3.63, 3.8) is 0 Å². The zero-order chi connectivity index (χ0) is 22.1. The van der Waals surface area contributed by atoms with Gasteiger partial charge in [-0.05, 0) is 40.9 Å². The number of rotatable bonds is 7. The summed E-state index contributed by atoms with van der Waals surface area (Å²) in [7, 11) is 5.84. The Morgan fingerprint density at radius 3 is 2.58 bits per heavy atom. The fraction of sp³-hybridized carbons (Fsp3) is 0.348. The van der Waals surface area contributed by atoms with E-state index in [9.17, 15) is 0 Å². The molecule has 1 aromatic carbocycles. The molecule has 0 radical (unpaired) electrons. The van der Waals surface area contributed by atoms with Gasteiger partial charge in [0.05, 0.1) is 13.2 Å². The molecule has 4 aromatic rings. The van der Waals surface area contributed by atoms with Crippen LogP contribution >= 0.6 is 0 Å². The van der Waals surface area contributed by atoms with Crippen LogP contribution in [0.2, 0.25) is 0 Å². The molecule has 0 saturated carbocycles. The first-order valence-electron chi connectivity index (χ1n) is 10.2. The van der Waals surface area contributed by atoms with Crippen molar-refractivity contribution in [2.24, 2.45) is 0 Å². The number of benzene rings is 1. The Bertz CT molecular complexity index is 1210. The summed E-state index contributed by atoms with van der Waals surface area (Å²) in [6, 6.07) is 12.0. The standard InChI is InChI=1S/C23H28N6O2/c1-14-11-19(27-31-14)18-12-22-25-16(3)15(2)23(29(22)26-18)24-13-20(28(4)5)17-9-7-8-10-21(17)30-6/h7-12,20,24H,13H2,1-6H3/t20-/m0/s1. The molecular weight excluding hydrogens is 392 g/mol. The van der Waals surface area contributed by atoms with Crippen LogP contribution in [0.25, 0.3) is 17.0 Å². The average molecular weight is 421 g/mol. The smallest absolute Gasteiger partial charge is 0.158 e. The highest BCUT2D eigenvalue weighted by Gasteiger charge is 2.20. The van der Waals surface area contributed by atoms with Crippen molar-refractivity contribution in [3.05, 3.63) is 59.0 Å². The van der Waals surface area contributed by atoms with Crippen LogP contribution in [0.15, 0.2) is 40.9 Å². The Morgan fingerprint density at radius 2 is 1.90 bits per heavy atom. The van der Waals surface area contributed by atoms with E-state index in [-0.39, 0.29) is 6.04 Å². The van der Waals surface area contributed by atoms with Crippen LogP contribution < -0.4 is 10.1 Å². The molecule has 0 bridgehead atoms. The molecule has 8 nitrogen and oxygen atoms in total. The molecule has 31 heavy (non-hydrogen) atoms. The van der Waals surface area contributed by atoms with Crippen LogP contribution in [-0.4, -0.2) is 52.4 Å². The van der Waals surface area contributed by atoms with Crippen LogP contribution in [0.4, 0.5) is 5.82 Å². The number of aryl methyl sites for hydroxylation is 2. The van der Waals surface area contributed by atoms with Gasteiger partial charge in [0.2, 0.25) is 0 Å². The van der Waals surface area contributed by atoms with E-state index >= 15 is 0 Å². The molecule has 0 fully saturated rings. The Balaban J connectivity index is 1.71. The van der Waals surface area contributed by atoms with E-state index in [1.54, 1.807) is 7.11 Å². The fourth-order valence-electron chi connectivity index (χ4n) is 3.73. The average Bonchev–Trinajstić information content (AvgIpc) is 3.36. The maximum absolute atomic E-state index is 5.60. The van der Waals surface area contributed by atoms with Gasteiger partial charge in [-0.1, -0.05) is 23.4 Å². The third-order valence-electron chi connectivity index (χ3n) is 5.56. The van der Waals surface area contributed by atoms with Crippen LogP contribution in [0, 0.1) is 20.8 Å². The summed E-state index contributed by atoms with van der Waals surface area (Å²) in [5, 5.41) is 12.5. The minimum Gasteiger partial charge on any atom is -0.496 e. The first kappa shape index (κ1) is 20.9. The van der Waals surface area contributed by atoms with E-state index in [4.69, 9.17) is 19.3 Å². The number of para-hydroxylation sites is 1. The quantitative estimate of drug-likeness (QED) is 0.483. The second kappa shape index (κ2) is 8.39. The Kier molecular flexibility index (Phi) is 5.65. The maximum Gasteiger partial charge on any atom is 0.158 e. The number of hydrogen-bond donors (Lipinski definition) is 1. The number of fused-ring (bicyclic) bond motifs is 1. The summed E-state index contributed by atoms with van der Waals surface area (Å²) in [6.07, 6.45) is 0. The van der Waals surface area contributed by atoms with Gasteiger partial charge < -0.3 is 19.5 Å². The Morgan fingerprint density at radius 1 is 1.13 bits per heavy atom. The summed E-state index contributed by atoms with van der Waals surface area (Å²) in [6.45, 7) is 6.60. The van der Waals surface area contributed by atoms with Gasteiger partial charge in [-0.25, -0.2) is 4.98 Å². The molecule has 1 atom stereocenters. The van der Waals surface area contributed by atoms with Gasteiger partial charge >= 0.3 is 0 Å². The highest BCUT2D eigenvalue weighted by atomic mass is 16.5. The first-order chi connectivity index (χ1) is 14.9. The summed E-state index contributed by atoms with van der Waals surface area (Å²) in [5.41, 5.74) is 5.32. The van der Waals surface area contributed by atoms with Gasteiger partial charge in [0, 0.05) is 35.5 Å². The van der Waals surface area contributed by atoms with E-state index in [1.807, 2.05) is 48.7 Å². The molecular formula is C23H28N6O2. The predicted octanol–water partition coefficient (Wildman–Crippen LogP) is 4.03. The first-order valence-corrected chi connectivity index (χ1v) is 10.2. The summed E-state index contributed by atoms with van der Waals surface area (Å²) in [4.78, 5) is 6.89. The highest BCUT2D eigenvalue weighted by molar-refractivity contribution is 5.64. The van der Waals surface area contributed by atoms with Crippen molar-refractivity contribution in [2.75, 3.05) is 33.1 Å². The van der Waals surface area contributed by atoms with Crippen LogP contribution in [-0.2, 0) is 0 Å². The third kappa shape index (κ3) is 3.98. The largest absolute Gasteiger partial charge is 0.496 e. The SMILES string of the molecule is COc1ccccc1[C@H](CNc1c(C)c(C)nc2cc(-c3cc(C)on3)nn12)N(C)C. The molecule has 0 amide bonds. The van der Waals surface area contributed by atoms with Crippen molar-refractivity contribution >= 4 is 11.5 Å². The topological polar surface area (TPSA) is 80.7 Å². The molecule has 0 spiro atoms. The lowest BCUT2D eigenvalue weighted by Crippen LogP contribution is -2.28. The van der Waals surface area contributed by atoms with Crippen molar-refractivity contribution < 1.29 is 9.26 Å². The molecule has 3 aromatic heterocycles.